The fraction of sp³-hybridized carbons (Fsp3) is 0.150. The number of amides is 1. The van der Waals surface area contributed by atoms with E-state index in [1.807, 2.05) is 42.5 Å². The van der Waals surface area contributed by atoms with Crippen molar-refractivity contribution in [3.63, 3.8) is 0 Å². The first-order valence-corrected chi connectivity index (χ1v) is 11.4. The number of carbonyl (C=O) groups excluding carboxylic acids is 1. The number of hydrogen-bond donors (Lipinski definition) is 2. The Morgan fingerprint density at radius 2 is 2.06 bits per heavy atom. The Bertz CT molecular complexity index is 1290. The molecule has 2 aromatic carbocycles. The van der Waals surface area contributed by atoms with Crippen molar-refractivity contribution in [2.45, 2.75) is 11.7 Å². The number of fused-ring (bicyclic) bond motifs is 2. The van der Waals surface area contributed by atoms with Gasteiger partial charge in [-0.15, -0.1) is 21.5 Å². The Kier molecular flexibility index (Phi) is 5.34. The van der Waals surface area contributed by atoms with E-state index < -0.39 is 0 Å². The summed E-state index contributed by atoms with van der Waals surface area (Å²) in [6.07, 6.45) is 0. The molecule has 3 N–H and O–H groups in total. The summed E-state index contributed by atoms with van der Waals surface area (Å²) in [5, 5.41) is 13.2. The van der Waals surface area contributed by atoms with Gasteiger partial charge in [0.2, 0.25) is 17.9 Å². The zero-order valence-corrected chi connectivity index (χ0v) is 18.4. The number of halogens is 1. The molecule has 2 aromatic heterocycles. The summed E-state index contributed by atoms with van der Waals surface area (Å²) in [7, 11) is 0. The molecule has 0 spiro atoms. The molecule has 3 heterocycles. The number of aromatic nitrogens is 3. The number of nitrogens with one attached hydrogen (secondary N) is 1. The summed E-state index contributed by atoms with van der Waals surface area (Å²) >= 11 is 9.23. The molecule has 1 aliphatic rings. The Labute approximate surface area is 190 Å². The molecule has 0 fully saturated rings. The summed E-state index contributed by atoms with van der Waals surface area (Å²) in [4.78, 5) is 13.0. The van der Waals surface area contributed by atoms with Crippen LogP contribution in [0, 0.1) is 0 Å². The number of rotatable bonds is 6. The normalized spacial score (nSPS) is 12.4. The van der Waals surface area contributed by atoms with E-state index in [0.29, 0.717) is 34.0 Å². The van der Waals surface area contributed by atoms with Crippen molar-refractivity contribution in [3.05, 3.63) is 53.1 Å². The summed E-state index contributed by atoms with van der Waals surface area (Å²) in [6, 6.07) is 13.4. The van der Waals surface area contributed by atoms with Crippen molar-refractivity contribution in [2.75, 3.05) is 18.4 Å². The van der Waals surface area contributed by atoms with E-state index in [-0.39, 0.29) is 18.5 Å². The van der Waals surface area contributed by atoms with E-state index >= 15 is 0 Å². The van der Waals surface area contributed by atoms with Crippen molar-refractivity contribution >= 4 is 50.7 Å². The fourth-order valence-corrected chi connectivity index (χ4v) is 5.30. The Hall–Kier alpha value is -2.95. The lowest BCUT2D eigenvalue weighted by molar-refractivity contribution is -0.118. The molecule has 158 valence electrons. The van der Waals surface area contributed by atoms with E-state index in [1.165, 1.54) is 27.8 Å². The van der Waals surface area contributed by atoms with Gasteiger partial charge >= 0.3 is 0 Å². The Morgan fingerprint density at radius 3 is 2.94 bits per heavy atom. The van der Waals surface area contributed by atoms with Gasteiger partial charge in [-0.1, -0.05) is 47.6 Å². The van der Waals surface area contributed by atoms with Gasteiger partial charge in [-0.2, -0.15) is 0 Å². The van der Waals surface area contributed by atoms with Crippen molar-refractivity contribution in [1.29, 1.82) is 0 Å². The van der Waals surface area contributed by atoms with Crippen LogP contribution in [0.2, 0.25) is 5.02 Å². The lowest BCUT2D eigenvalue weighted by Gasteiger charge is -2.06. The number of nitrogens with two attached hydrogens (primary N) is 1. The molecule has 4 aromatic rings. The predicted octanol–water partition coefficient (Wildman–Crippen LogP) is 3.66. The minimum Gasteiger partial charge on any atom is -0.454 e. The third kappa shape index (κ3) is 3.89. The molecule has 8 nitrogen and oxygen atoms in total. The first-order valence-electron chi connectivity index (χ1n) is 9.26. The second kappa shape index (κ2) is 8.29. The molecule has 0 atom stereocenters. The maximum absolute atomic E-state index is 12.3. The number of benzene rings is 2. The maximum Gasteiger partial charge on any atom is 0.231 e. The largest absolute Gasteiger partial charge is 0.454 e. The number of nitrogen functional groups attached to an aromatic ring is 1. The number of thioether (sulfide) groups is 1. The fourth-order valence-electron chi connectivity index (χ4n) is 3.12. The van der Waals surface area contributed by atoms with E-state index in [4.69, 9.17) is 26.9 Å². The summed E-state index contributed by atoms with van der Waals surface area (Å²) in [5.74, 6) is 8.06. The lowest BCUT2D eigenvalue weighted by Crippen LogP contribution is -2.25. The van der Waals surface area contributed by atoms with Crippen molar-refractivity contribution in [2.24, 2.45) is 0 Å². The summed E-state index contributed by atoms with van der Waals surface area (Å²) in [6.45, 7) is 0.601. The van der Waals surface area contributed by atoms with Crippen LogP contribution in [0.1, 0.15) is 5.56 Å². The Morgan fingerprint density at radius 1 is 1.23 bits per heavy atom. The summed E-state index contributed by atoms with van der Waals surface area (Å²) < 4.78 is 13.1. The van der Waals surface area contributed by atoms with Crippen molar-refractivity contribution < 1.29 is 14.3 Å². The first kappa shape index (κ1) is 20.0. The minimum atomic E-state index is -0.146. The van der Waals surface area contributed by atoms with E-state index in [1.54, 1.807) is 0 Å². The van der Waals surface area contributed by atoms with Gasteiger partial charge < -0.3 is 20.6 Å². The van der Waals surface area contributed by atoms with E-state index in [0.717, 1.165) is 20.5 Å². The van der Waals surface area contributed by atoms with Crippen LogP contribution in [-0.4, -0.2) is 33.3 Å². The van der Waals surface area contributed by atoms with Crippen LogP contribution < -0.4 is 20.6 Å². The number of thiophene rings is 1. The predicted molar refractivity (Wildman–Crippen MR) is 121 cm³/mol. The molecule has 5 rings (SSSR count). The highest BCUT2D eigenvalue weighted by molar-refractivity contribution is 7.99. The zero-order valence-electron chi connectivity index (χ0n) is 16.0. The van der Waals surface area contributed by atoms with Crippen LogP contribution in [0.25, 0.3) is 20.8 Å². The van der Waals surface area contributed by atoms with Gasteiger partial charge in [0.05, 0.1) is 15.7 Å². The molecule has 0 saturated heterocycles. The van der Waals surface area contributed by atoms with Gasteiger partial charge in [0.25, 0.3) is 0 Å². The second-order valence-corrected chi connectivity index (χ2v) is 9.04. The van der Waals surface area contributed by atoms with Crippen LogP contribution in [0.5, 0.6) is 11.5 Å². The molecule has 1 aliphatic heterocycles. The summed E-state index contributed by atoms with van der Waals surface area (Å²) in [5.41, 5.74) is 0.922. The molecule has 31 heavy (non-hydrogen) atoms. The average Bonchev–Trinajstić information content (AvgIpc) is 3.48. The standard InChI is InChI=1S/C20H16ClN5O3S2/c21-17-12-3-1-2-4-15(12)31-18(17)19-24-25-20(26(19)22)30-9-16(27)23-8-11-5-6-13-14(7-11)29-10-28-13/h1-7H,8-10,22H2,(H,23,27). The second-order valence-electron chi connectivity index (χ2n) is 6.67. The molecule has 0 aliphatic carbocycles. The molecule has 11 heteroatoms. The number of ether oxygens (including phenoxy) is 2. The molecule has 0 unspecified atom stereocenters. The zero-order chi connectivity index (χ0) is 21.4. The molecule has 1 amide bonds. The van der Waals surface area contributed by atoms with Gasteiger partial charge in [-0.25, -0.2) is 4.68 Å². The van der Waals surface area contributed by atoms with Crippen LogP contribution in [0.4, 0.5) is 0 Å². The van der Waals surface area contributed by atoms with E-state index in [2.05, 4.69) is 15.5 Å². The van der Waals surface area contributed by atoms with Gasteiger partial charge in [-0.3, -0.25) is 4.79 Å². The van der Waals surface area contributed by atoms with E-state index in [9.17, 15) is 4.79 Å². The van der Waals surface area contributed by atoms with Gasteiger partial charge in [0, 0.05) is 16.6 Å². The van der Waals surface area contributed by atoms with Gasteiger partial charge in [0.1, 0.15) is 0 Å². The monoisotopic (exact) mass is 473 g/mol. The third-order valence-electron chi connectivity index (χ3n) is 4.66. The third-order valence-corrected chi connectivity index (χ3v) is 7.28. The van der Waals surface area contributed by atoms with Crippen LogP contribution in [-0.2, 0) is 11.3 Å². The van der Waals surface area contributed by atoms with Crippen LogP contribution in [0.15, 0.2) is 47.6 Å². The smallest absolute Gasteiger partial charge is 0.231 e. The highest BCUT2D eigenvalue weighted by Crippen LogP contribution is 2.41. The van der Waals surface area contributed by atoms with Crippen LogP contribution >= 0.6 is 34.7 Å². The molecule has 0 radical (unpaired) electrons. The maximum atomic E-state index is 12.3. The van der Waals surface area contributed by atoms with Crippen molar-refractivity contribution in [1.82, 2.24) is 20.2 Å². The SMILES string of the molecule is Nn1c(SCC(=O)NCc2ccc3c(c2)OCO3)nnc1-c1sc2ccccc2c1Cl. The first-order chi connectivity index (χ1) is 15.1. The van der Waals surface area contributed by atoms with Crippen molar-refractivity contribution in [3.8, 4) is 22.2 Å². The Balaban J connectivity index is 1.22. The molecular formula is C20H16ClN5O3S2. The number of hydrogen-bond acceptors (Lipinski definition) is 8. The quantitative estimate of drug-likeness (QED) is 0.325. The lowest BCUT2D eigenvalue weighted by atomic mass is 10.2. The molecular weight excluding hydrogens is 458 g/mol. The van der Waals surface area contributed by atoms with Gasteiger partial charge in [0.15, 0.2) is 17.3 Å². The highest BCUT2D eigenvalue weighted by Gasteiger charge is 2.20. The minimum absolute atomic E-state index is 0.146. The average molecular weight is 474 g/mol. The molecule has 0 bridgehead atoms. The molecule has 0 saturated carbocycles. The van der Waals surface area contributed by atoms with Gasteiger partial charge in [-0.05, 0) is 23.8 Å². The number of nitrogens with zero attached hydrogens (tertiary/aromatic N) is 3. The topological polar surface area (TPSA) is 104 Å². The highest BCUT2D eigenvalue weighted by atomic mass is 35.5. The van der Waals surface area contributed by atoms with Crippen LogP contribution in [0.3, 0.4) is 0 Å². The number of carbonyl (C=O) groups is 1.